The molecule has 1 aliphatic heterocycles. The number of pyridine rings is 1. The molecule has 0 spiro atoms. The molecule has 0 aliphatic carbocycles. The van der Waals surface area contributed by atoms with E-state index in [0.717, 1.165) is 24.0 Å². The first-order chi connectivity index (χ1) is 9.28. The van der Waals surface area contributed by atoms with Gasteiger partial charge in [-0.05, 0) is 38.6 Å². The van der Waals surface area contributed by atoms with Crippen LogP contribution >= 0.6 is 0 Å². The molecule has 4 nitrogen and oxygen atoms in total. The van der Waals surface area contributed by atoms with Gasteiger partial charge in [0.05, 0.1) is 11.4 Å². The molecule has 100 valence electrons. The number of carbonyl (C=O) groups excluding carboxylic acids is 1. The van der Waals surface area contributed by atoms with Crippen LogP contribution < -0.4 is 0 Å². The van der Waals surface area contributed by atoms with Gasteiger partial charge >= 0.3 is 0 Å². The second kappa shape index (κ2) is 5.13. The maximum absolute atomic E-state index is 11.0. The summed E-state index contributed by atoms with van der Waals surface area (Å²) in [7, 11) is 2.19. The molecule has 4 heteroatoms. The van der Waals surface area contributed by atoms with Crippen molar-refractivity contribution in [1.29, 1.82) is 0 Å². The molecule has 2 aromatic rings. The van der Waals surface area contributed by atoms with Crippen LogP contribution in [0.5, 0.6) is 0 Å². The number of hydrogen-bond acceptors (Lipinski definition) is 3. The number of aldehydes is 1. The molecular formula is C15H19N3O. The number of aromatic nitrogens is 2. The number of hydrogen-bond donors (Lipinski definition) is 0. The predicted octanol–water partition coefficient (Wildman–Crippen LogP) is 2.17. The molecule has 19 heavy (non-hydrogen) atoms. The fourth-order valence-corrected chi connectivity index (χ4v) is 2.92. The summed E-state index contributed by atoms with van der Waals surface area (Å²) < 4.78 is 1.88. The van der Waals surface area contributed by atoms with E-state index in [0.29, 0.717) is 11.7 Å². The van der Waals surface area contributed by atoms with Crippen molar-refractivity contribution in [3.63, 3.8) is 0 Å². The van der Waals surface area contributed by atoms with Crippen LogP contribution in [0.3, 0.4) is 0 Å². The topological polar surface area (TPSA) is 37.6 Å². The third-order valence-electron chi connectivity index (χ3n) is 4.06. The zero-order valence-electron chi connectivity index (χ0n) is 11.2. The zero-order valence-corrected chi connectivity index (χ0v) is 11.2. The first kappa shape index (κ1) is 12.4. The van der Waals surface area contributed by atoms with E-state index >= 15 is 0 Å². The smallest absolute Gasteiger partial charge is 0.166 e. The Bertz CT molecular complexity index is 590. The van der Waals surface area contributed by atoms with E-state index in [1.165, 1.54) is 25.8 Å². The highest BCUT2D eigenvalue weighted by molar-refractivity contribution is 5.73. The number of likely N-dealkylation sites (N-methyl/N-ethyl adjacent to an activating group) is 1. The monoisotopic (exact) mass is 257 g/mol. The van der Waals surface area contributed by atoms with E-state index in [1.54, 1.807) is 0 Å². The molecule has 2 aromatic heterocycles. The molecule has 0 N–H and O–H groups in total. The van der Waals surface area contributed by atoms with Gasteiger partial charge in [0, 0.05) is 18.7 Å². The van der Waals surface area contributed by atoms with Crippen LogP contribution in [0.2, 0.25) is 0 Å². The summed E-state index contributed by atoms with van der Waals surface area (Å²) in [6.07, 6.45) is 7.70. The van der Waals surface area contributed by atoms with Gasteiger partial charge in [0.25, 0.3) is 0 Å². The SMILES string of the molecule is CN1CCCCC1Cc1cn2c(C=O)cccc2n1. The lowest BCUT2D eigenvalue weighted by Gasteiger charge is -2.31. The molecule has 1 aliphatic rings. The number of likely N-dealkylation sites (tertiary alicyclic amines) is 1. The van der Waals surface area contributed by atoms with Crippen molar-refractivity contribution < 1.29 is 4.79 Å². The highest BCUT2D eigenvalue weighted by atomic mass is 16.1. The Labute approximate surface area is 113 Å². The molecule has 0 radical (unpaired) electrons. The number of piperidine rings is 1. The predicted molar refractivity (Wildman–Crippen MR) is 74.6 cm³/mol. The summed E-state index contributed by atoms with van der Waals surface area (Å²) in [5, 5.41) is 0. The van der Waals surface area contributed by atoms with Crippen molar-refractivity contribution in [1.82, 2.24) is 14.3 Å². The third-order valence-corrected chi connectivity index (χ3v) is 4.06. The molecule has 1 atom stereocenters. The van der Waals surface area contributed by atoms with Gasteiger partial charge in [-0.25, -0.2) is 4.98 Å². The Morgan fingerprint density at radius 3 is 3.11 bits per heavy atom. The molecule has 3 heterocycles. The Hall–Kier alpha value is -1.68. The summed E-state index contributed by atoms with van der Waals surface area (Å²) in [5.41, 5.74) is 2.60. The van der Waals surface area contributed by atoms with E-state index in [1.807, 2.05) is 28.8 Å². The van der Waals surface area contributed by atoms with E-state index in [-0.39, 0.29) is 0 Å². The largest absolute Gasteiger partial charge is 0.303 e. The van der Waals surface area contributed by atoms with Gasteiger partial charge in [-0.3, -0.25) is 9.20 Å². The number of fused-ring (bicyclic) bond motifs is 1. The molecule has 0 amide bonds. The molecule has 0 saturated carbocycles. The van der Waals surface area contributed by atoms with Gasteiger partial charge in [0.2, 0.25) is 0 Å². The fourth-order valence-electron chi connectivity index (χ4n) is 2.92. The maximum atomic E-state index is 11.0. The van der Waals surface area contributed by atoms with E-state index in [4.69, 9.17) is 0 Å². The lowest BCUT2D eigenvalue weighted by Crippen LogP contribution is -2.37. The fraction of sp³-hybridized carbons (Fsp3) is 0.467. The Morgan fingerprint density at radius 2 is 2.32 bits per heavy atom. The highest BCUT2D eigenvalue weighted by Crippen LogP contribution is 2.19. The minimum atomic E-state index is 0.582. The Morgan fingerprint density at radius 1 is 1.42 bits per heavy atom. The van der Waals surface area contributed by atoms with Crippen molar-refractivity contribution in [2.45, 2.75) is 31.7 Å². The van der Waals surface area contributed by atoms with Gasteiger partial charge in [0.15, 0.2) is 6.29 Å². The number of rotatable bonds is 3. The number of nitrogens with zero attached hydrogens (tertiary/aromatic N) is 3. The van der Waals surface area contributed by atoms with Crippen molar-refractivity contribution >= 4 is 11.9 Å². The lowest BCUT2D eigenvalue weighted by molar-refractivity contribution is 0.111. The summed E-state index contributed by atoms with van der Waals surface area (Å²) in [6.45, 7) is 1.18. The third kappa shape index (κ3) is 2.40. The minimum absolute atomic E-state index is 0.582. The first-order valence-electron chi connectivity index (χ1n) is 6.90. The van der Waals surface area contributed by atoms with Crippen molar-refractivity contribution in [2.24, 2.45) is 0 Å². The van der Waals surface area contributed by atoms with Gasteiger partial charge in [-0.15, -0.1) is 0 Å². The summed E-state index contributed by atoms with van der Waals surface area (Å²) in [6, 6.07) is 6.22. The van der Waals surface area contributed by atoms with E-state index < -0.39 is 0 Å². The van der Waals surface area contributed by atoms with Crippen molar-refractivity contribution in [3.8, 4) is 0 Å². The second-order valence-corrected chi connectivity index (χ2v) is 5.36. The lowest BCUT2D eigenvalue weighted by atomic mass is 9.99. The van der Waals surface area contributed by atoms with Gasteiger partial charge in [0.1, 0.15) is 5.65 Å². The summed E-state index contributed by atoms with van der Waals surface area (Å²) in [5.74, 6) is 0. The Kier molecular flexibility index (Phi) is 3.34. The minimum Gasteiger partial charge on any atom is -0.303 e. The molecule has 0 aromatic carbocycles. The molecule has 1 saturated heterocycles. The summed E-state index contributed by atoms with van der Waals surface area (Å²) >= 11 is 0. The quantitative estimate of drug-likeness (QED) is 0.791. The molecular weight excluding hydrogens is 238 g/mol. The van der Waals surface area contributed by atoms with Gasteiger partial charge < -0.3 is 4.90 Å². The maximum Gasteiger partial charge on any atom is 0.166 e. The zero-order chi connectivity index (χ0) is 13.2. The van der Waals surface area contributed by atoms with Crippen LogP contribution in [0.4, 0.5) is 0 Å². The number of carbonyl (C=O) groups is 1. The normalized spacial score (nSPS) is 20.8. The van der Waals surface area contributed by atoms with Crippen LogP contribution in [-0.2, 0) is 6.42 Å². The van der Waals surface area contributed by atoms with Crippen LogP contribution in [0.1, 0.15) is 35.4 Å². The van der Waals surface area contributed by atoms with E-state index in [9.17, 15) is 4.79 Å². The van der Waals surface area contributed by atoms with Crippen LogP contribution in [0.25, 0.3) is 5.65 Å². The average Bonchev–Trinajstić information content (AvgIpc) is 2.83. The summed E-state index contributed by atoms with van der Waals surface area (Å²) in [4.78, 5) is 18.1. The molecule has 3 rings (SSSR count). The van der Waals surface area contributed by atoms with Crippen LogP contribution in [-0.4, -0.2) is 40.2 Å². The highest BCUT2D eigenvalue weighted by Gasteiger charge is 2.20. The van der Waals surface area contributed by atoms with Crippen LogP contribution in [0, 0.1) is 0 Å². The standard InChI is InChI=1S/C15H19N3O/c1-17-8-3-2-5-13(17)9-12-10-18-14(11-19)6-4-7-15(18)16-12/h4,6-7,10-11,13H,2-3,5,8-9H2,1H3. The molecule has 1 fully saturated rings. The number of imidazole rings is 1. The Balaban J connectivity index is 1.87. The van der Waals surface area contributed by atoms with Crippen molar-refractivity contribution in [3.05, 3.63) is 35.8 Å². The molecule has 0 bridgehead atoms. The van der Waals surface area contributed by atoms with Gasteiger partial charge in [-0.1, -0.05) is 12.5 Å². The van der Waals surface area contributed by atoms with Crippen LogP contribution in [0.15, 0.2) is 24.4 Å². The van der Waals surface area contributed by atoms with Gasteiger partial charge in [-0.2, -0.15) is 0 Å². The second-order valence-electron chi connectivity index (χ2n) is 5.36. The van der Waals surface area contributed by atoms with E-state index in [2.05, 4.69) is 16.9 Å². The van der Waals surface area contributed by atoms with Crippen molar-refractivity contribution in [2.75, 3.05) is 13.6 Å². The first-order valence-corrected chi connectivity index (χ1v) is 6.90. The average molecular weight is 257 g/mol. The molecule has 1 unspecified atom stereocenters.